The van der Waals surface area contributed by atoms with Crippen LogP contribution in [0, 0.1) is 0 Å². The monoisotopic (exact) mass is 255 g/mol. The summed E-state index contributed by atoms with van der Waals surface area (Å²) in [6.45, 7) is 4.13. The quantitative estimate of drug-likeness (QED) is 0.882. The third-order valence-corrected chi connectivity index (χ3v) is 3.56. The molecule has 98 valence electrons. The van der Waals surface area contributed by atoms with Gasteiger partial charge in [-0.05, 0) is 18.2 Å². The van der Waals surface area contributed by atoms with Crippen molar-refractivity contribution in [2.24, 2.45) is 0 Å². The number of nitrogens with zero attached hydrogens (tertiary/aromatic N) is 2. The lowest BCUT2D eigenvalue weighted by molar-refractivity contribution is -0.363. The highest BCUT2D eigenvalue weighted by molar-refractivity contribution is 5.49. The molecule has 2 aromatic rings. The molecule has 4 nitrogen and oxygen atoms in total. The van der Waals surface area contributed by atoms with Gasteiger partial charge in [0, 0.05) is 11.8 Å². The molecule has 1 fully saturated rings. The van der Waals surface area contributed by atoms with Crippen molar-refractivity contribution in [2.75, 3.05) is 41.7 Å². The fraction of sp³-hybridized carbons (Fsp3) is 0.267. The van der Waals surface area contributed by atoms with Gasteiger partial charge >= 0.3 is 0 Å². The van der Waals surface area contributed by atoms with Gasteiger partial charge in [0.2, 0.25) is 0 Å². The Kier molecular flexibility index (Phi) is 3.23. The van der Waals surface area contributed by atoms with Crippen LogP contribution in [0.15, 0.2) is 48.7 Å². The first kappa shape index (κ1) is 11.8. The summed E-state index contributed by atoms with van der Waals surface area (Å²) in [5.74, 6) is 1.14. The minimum atomic E-state index is 0.770. The largest absolute Gasteiger partial charge is 0.396 e. The van der Waals surface area contributed by atoms with Crippen LogP contribution in [-0.4, -0.2) is 26.2 Å². The zero-order chi connectivity index (χ0) is 13.1. The number of aromatic nitrogens is 1. The van der Waals surface area contributed by atoms with E-state index >= 15 is 0 Å². The lowest BCUT2D eigenvalue weighted by atomic mass is 10.2. The zero-order valence-electron chi connectivity index (χ0n) is 10.9. The predicted molar refractivity (Wildman–Crippen MR) is 78.3 cm³/mol. The number of piperazine rings is 1. The molecule has 0 aliphatic carbocycles. The molecule has 3 N–H and O–H groups in total. The summed E-state index contributed by atoms with van der Waals surface area (Å²) in [7, 11) is 0. The van der Waals surface area contributed by atoms with E-state index in [4.69, 9.17) is 5.73 Å². The number of pyridine rings is 1. The molecular weight excluding hydrogens is 236 g/mol. The molecule has 0 unspecified atom stereocenters. The van der Waals surface area contributed by atoms with E-state index in [2.05, 4.69) is 45.1 Å². The smallest absolute Gasteiger partial charge is 0.274 e. The van der Waals surface area contributed by atoms with Crippen molar-refractivity contribution in [2.45, 2.75) is 0 Å². The first-order valence-corrected chi connectivity index (χ1v) is 6.65. The van der Waals surface area contributed by atoms with E-state index in [1.165, 1.54) is 5.69 Å². The van der Waals surface area contributed by atoms with Crippen LogP contribution in [0.1, 0.15) is 0 Å². The van der Waals surface area contributed by atoms with Gasteiger partial charge in [0.1, 0.15) is 19.3 Å². The third kappa shape index (κ3) is 2.62. The molecule has 3 rings (SSSR count). The molecule has 0 bridgehead atoms. The Morgan fingerprint density at radius 3 is 2.16 bits per heavy atom. The number of anilines is 3. The lowest BCUT2D eigenvalue weighted by Crippen LogP contribution is -2.48. The van der Waals surface area contributed by atoms with Gasteiger partial charge in [0.15, 0.2) is 0 Å². The SMILES string of the molecule is Nc1ccc(N2CCN(c3ccccc3)CC2)[nH+]c1. The van der Waals surface area contributed by atoms with Crippen molar-refractivity contribution in [1.82, 2.24) is 0 Å². The summed E-state index contributed by atoms with van der Waals surface area (Å²) in [5, 5.41) is 0. The van der Waals surface area contributed by atoms with Crippen LogP contribution < -0.4 is 20.5 Å². The maximum atomic E-state index is 5.70. The molecule has 4 heteroatoms. The first-order chi connectivity index (χ1) is 9.33. The number of hydrogen-bond acceptors (Lipinski definition) is 3. The number of nitrogens with two attached hydrogens (primary N) is 1. The van der Waals surface area contributed by atoms with Gasteiger partial charge < -0.3 is 10.6 Å². The average molecular weight is 255 g/mol. The number of benzene rings is 1. The molecule has 1 aliphatic heterocycles. The molecule has 2 heterocycles. The molecule has 0 atom stereocenters. The standard InChI is InChI=1S/C15H18N4/c16-13-6-7-15(17-12-13)19-10-8-18(9-11-19)14-4-2-1-3-5-14/h1-7,12H,8-11,16H2/p+1. The summed E-state index contributed by atoms with van der Waals surface area (Å²) in [5.41, 5.74) is 7.78. The highest BCUT2D eigenvalue weighted by Crippen LogP contribution is 2.17. The average Bonchev–Trinajstić information content (AvgIpc) is 2.49. The normalized spacial score (nSPS) is 15.6. The van der Waals surface area contributed by atoms with E-state index in [0.717, 1.165) is 37.7 Å². The summed E-state index contributed by atoms with van der Waals surface area (Å²) < 4.78 is 0. The molecular formula is C15H19N4+. The Labute approximate surface area is 113 Å². The van der Waals surface area contributed by atoms with E-state index < -0.39 is 0 Å². The highest BCUT2D eigenvalue weighted by atomic mass is 15.3. The molecule has 1 saturated heterocycles. The minimum Gasteiger partial charge on any atom is -0.396 e. The lowest BCUT2D eigenvalue weighted by Gasteiger charge is -2.32. The van der Waals surface area contributed by atoms with E-state index in [1.807, 2.05) is 18.3 Å². The number of nitrogen functional groups attached to an aromatic ring is 1. The molecule has 0 spiro atoms. The van der Waals surface area contributed by atoms with Crippen molar-refractivity contribution < 1.29 is 4.98 Å². The minimum absolute atomic E-state index is 0.770. The molecule has 1 aromatic carbocycles. The maximum Gasteiger partial charge on any atom is 0.274 e. The summed E-state index contributed by atoms with van der Waals surface area (Å²) in [4.78, 5) is 8.03. The Hall–Kier alpha value is -2.23. The van der Waals surface area contributed by atoms with Crippen LogP contribution >= 0.6 is 0 Å². The van der Waals surface area contributed by atoms with Crippen molar-refractivity contribution in [1.29, 1.82) is 0 Å². The summed E-state index contributed by atoms with van der Waals surface area (Å²) in [6, 6.07) is 14.6. The van der Waals surface area contributed by atoms with E-state index in [0.29, 0.717) is 0 Å². The van der Waals surface area contributed by atoms with Gasteiger partial charge in [-0.2, -0.15) is 0 Å². The van der Waals surface area contributed by atoms with Gasteiger partial charge in [-0.1, -0.05) is 18.2 Å². The van der Waals surface area contributed by atoms with Crippen molar-refractivity contribution in [3.05, 3.63) is 48.7 Å². The Morgan fingerprint density at radius 2 is 1.53 bits per heavy atom. The fourth-order valence-electron chi connectivity index (χ4n) is 2.47. The number of para-hydroxylation sites is 1. The number of aromatic amines is 1. The van der Waals surface area contributed by atoms with Crippen LogP contribution in [0.5, 0.6) is 0 Å². The van der Waals surface area contributed by atoms with E-state index in [9.17, 15) is 0 Å². The molecule has 19 heavy (non-hydrogen) atoms. The molecule has 1 aliphatic rings. The molecule has 0 radical (unpaired) electrons. The van der Waals surface area contributed by atoms with Gasteiger partial charge in [-0.25, -0.2) is 4.98 Å². The first-order valence-electron chi connectivity index (χ1n) is 6.65. The van der Waals surface area contributed by atoms with Crippen LogP contribution in [0.2, 0.25) is 0 Å². The topological polar surface area (TPSA) is 46.6 Å². The summed E-state index contributed by atoms with van der Waals surface area (Å²) in [6.07, 6.45) is 1.85. The second-order valence-electron chi connectivity index (χ2n) is 4.82. The molecule has 0 amide bonds. The Bertz CT molecular complexity index is 516. The fourth-order valence-corrected chi connectivity index (χ4v) is 2.47. The molecule has 1 aromatic heterocycles. The van der Waals surface area contributed by atoms with Gasteiger partial charge in [0.05, 0.1) is 18.8 Å². The number of rotatable bonds is 2. The van der Waals surface area contributed by atoms with Gasteiger partial charge in [-0.3, -0.25) is 4.90 Å². The Morgan fingerprint density at radius 1 is 0.842 bits per heavy atom. The number of nitrogens with one attached hydrogen (secondary N) is 1. The maximum absolute atomic E-state index is 5.70. The predicted octanol–water partition coefficient (Wildman–Crippen LogP) is 1.41. The number of hydrogen-bond donors (Lipinski definition) is 1. The van der Waals surface area contributed by atoms with E-state index in [1.54, 1.807) is 0 Å². The van der Waals surface area contributed by atoms with Crippen LogP contribution in [0.25, 0.3) is 0 Å². The van der Waals surface area contributed by atoms with Crippen LogP contribution in [-0.2, 0) is 0 Å². The highest BCUT2D eigenvalue weighted by Gasteiger charge is 2.23. The Balaban J connectivity index is 1.65. The van der Waals surface area contributed by atoms with Crippen LogP contribution in [0.3, 0.4) is 0 Å². The van der Waals surface area contributed by atoms with E-state index in [-0.39, 0.29) is 0 Å². The third-order valence-electron chi connectivity index (χ3n) is 3.56. The second kappa shape index (κ2) is 5.18. The van der Waals surface area contributed by atoms with Crippen molar-refractivity contribution in [3.8, 4) is 0 Å². The van der Waals surface area contributed by atoms with Crippen molar-refractivity contribution in [3.63, 3.8) is 0 Å². The van der Waals surface area contributed by atoms with Gasteiger partial charge in [-0.15, -0.1) is 0 Å². The number of H-pyrrole nitrogens is 1. The van der Waals surface area contributed by atoms with Crippen molar-refractivity contribution >= 4 is 17.2 Å². The molecule has 0 saturated carbocycles. The zero-order valence-corrected chi connectivity index (χ0v) is 10.9. The summed E-state index contributed by atoms with van der Waals surface area (Å²) >= 11 is 0. The second-order valence-corrected chi connectivity index (χ2v) is 4.82. The van der Waals surface area contributed by atoms with Gasteiger partial charge in [0.25, 0.3) is 5.82 Å². The van der Waals surface area contributed by atoms with Crippen LogP contribution in [0.4, 0.5) is 17.2 Å².